The van der Waals surface area contributed by atoms with Crippen LogP contribution >= 0.6 is 0 Å². The molecule has 0 saturated heterocycles. The van der Waals surface area contributed by atoms with Crippen molar-refractivity contribution < 1.29 is 13.2 Å². The first-order valence-electron chi connectivity index (χ1n) is 9.46. The van der Waals surface area contributed by atoms with E-state index in [4.69, 9.17) is 0 Å². The Morgan fingerprint density at radius 1 is 0.862 bits per heavy atom. The van der Waals surface area contributed by atoms with Gasteiger partial charge in [-0.05, 0) is 37.1 Å². The molecule has 0 radical (unpaired) electrons. The van der Waals surface area contributed by atoms with Crippen LogP contribution in [0.4, 0.5) is 18.9 Å². The van der Waals surface area contributed by atoms with Gasteiger partial charge in [0.1, 0.15) is 0 Å². The van der Waals surface area contributed by atoms with E-state index in [0.717, 1.165) is 22.1 Å². The van der Waals surface area contributed by atoms with Gasteiger partial charge in [0.05, 0.1) is 11.2 Å². The van der Waals surface area contributed by atoms with Crippen LogP contribution in [0.15, 0.2) is 72.8 Å². The first kappa shape index (κ1) is 17.9. The Morgan fingerprint density at radius 3 is 2.28 bits per heavy atom. The third-order valence-electron chi connectivity index (χ3n) is 5.81. The van der Waals surface area contributed by atoms with Crippen molar-refractivity contribution in [1.82, 2.24) is 4.57 Å². The van der Waals surface area contributed by atoms with Gasteiger partial charge in [0, 0.05) is 22.2 Å². The van der Waals surface area contributed by atoms with Gasteiger partial charge in [-0.1, -0.05) is 60.7 Å². The highest BCUT2D eigenvalue weighted by Crippen LogP contribution is 2.53. The molecule has 2 heterocycles. The molecule has 1 aliphatic rings. The molecule has 5 rings (SSSR count). The van der Waals surface area contributed by atoms with Gasteiger partial charge >= 0.3 is 6.18 Å². The number of aromatic nitrogens is 1. The van der Waals surface area contributed by atoms with Gasteiger partial charge in [-0.3, -0.25) is 0 Å². The maximum atomic E-state index is 15.0. The summed E-state index contributed by atoms with van der Waals surface area (Å²) in [6, 6.07) is 21.0. The predicted molar refractivity (Wildman–Crippen MR) is 110 cm³/mol. The van der Waals surface area contributed by atoms with Crippen LogP contribution < -0.4 is 5.32 Å². The van der Waals surface area contributed by atoms with Crippen LogP contribution in [0.25, 0.3) is 22.2 Å². The Labute approximate surface area is 166 Å². The van der Waals surface area contributed by atoms with E-state index >= 15 is 13.2 Å². The number of alkyl halides is 3. The summed E-state index contributed by atoms with van der Waals surface area (Å²) in [4.78, 5) is 0. The van der Waals surface area contributed by atoms with Crippen molar-refractivity contribution in [3.63, 3.8) is 0 Å². The number of nitrogens with zero attached hydrogens (tertiary/aromatic N) is 1. The lowest BCUT2D eigenvalue weighted by Crippen LogP contribution is -2.56. The molecule has 3 aromatic carbocycles. The minimum absolute atomic E-state index is 0.154. The summed E-state index contributed by atoms with van der Waals surface area (Å²) >= 11 is 0. The average Bonchev–Trinajstić information content (AvgIpc) is 3.00. The van der Waals surface area contributed by atoms with Gasteiger partial charge in [-0.15, -0.1) is 0 Å². The molecule has 0 spiro atoms. The fourth-order valence-corrected chi connectivity index (χ4v) is 4.53. The highest BCUT2D eigenvalue weighted by molar-refractivity contribution is 5.96. The Balaban J connectivity index is 2.01. The number of halogens is 3. The fourth-order valence-electron chi connectivity index (χ4n) is 4.53. The zero-order chi connectivity index (χ0) is 20.4. The lowest BCUT2D eigenvalue weighted by Gasteiger charge is -2.44. The minimum atomic E-state index is -4.58. The molecule has 0 aliphatic carbocycles. The van der Waals surface area contributed by atoms with E-state index < -0.39 is 11.8 Å². The Bertz CT molecular complexity index is 1240. The molecule has 146 valence electrons. The molecule has 1 N–H and O–H groups in total. The summed E-state index contributed by atoms with van der Waals surface area (Å²) in [5, 5.41) is 3.73. The smallest absolute Gasteiger partial charge is 0.351 e. The van der Waals surface area contributed by atoms with E-state index in [1.165, 1.54) is 16.7 Å². The van der Waals surface area contributed by atoms with Crippen LogP contribution in [-0.2, 0) is 5.66 Å². The number of fused-ring (bicyclic) bond motifs is 5. The highest BCUT2D eigenvalue weighted by atomic mass is 19.4. The van der Waals surface area contributed by atoms with Crippen molar-refractivity contribution in [3.8, 4) is 11.3 Å². The Kier molecular flexibility index (Phi) is 3.63. The van der Waals surface area contributed by atoms with Crippen molar-refractivity contribution in [2.75, 3.05) is 5.32 Å². The van der Waals surface area contributed by atoms with Crippen molar-refractivity contribution in [3.05, 3.63) is 89.5 Å². The number of nitrogens with one attached hydrogen (secondary N) is 1. The first-order valence-corrected chi connectivity index (χ1v) is 9.46. The predicted octanol–water partition coefficient (Wildman–Crippen LogP) is 6.61. The molecular formula is C24H19F3N2. The normalized spacial score (nSPS) is 18.2. The van der Waals surface area contributed by atoms with Crippen LogP contribution in [0.1, 0.15) is 16.7 Å². The SMILES string of the molecule is Cc1ccc2c(c1)NC(c1ccccc1)(C(F)(F)F)n1c-2c(C)c2ccccc21. The van der Waals surface area contributed by atoms with Crippen LogP contribution in [0, 0.1) is 13.8 Å². The van der Waals surface area contributed by atoms with Gasteiger partial charge < -0.3 is 9.88 Å². The molecule has 2 nitrogen and oxygen atoms in total. The molecule has 0 bridgehead atoms. The summed E-state index contributed by atoms with van der Waals surface area (Å²) < 4.78 is 46.5. The number of hydrogen-bond donors (Lipinski definition) is 1. The molecule has 4 aromatic rings. The largest absolute Gasteiger partial charge is 0.435 e. The van der Waals surface area contributed by atoms with Gasteiger partial charge in [0.2, 0.25) is 5.66 Å². The summed E-state index contributed by atoms with van der Waals surface area (Å²) in [5.41, 5.74) is 1.92. The first-order chi connectivity index (χ1) is 13.8. The van der Waals surface area contributed by atoms with Crippen molar-refractivity contribution in [2.24, 2.45) is 0 Å². The third-order valence-corrected chi connectivity index (χ3v) is 5.81. The van der Waals surface area contributed by atoms with Gasteiger partial charge in [-0.25, -0.2) is 0 Å². The minimum Gasteiger partial charge on any atom is -0.351 e. The molecule has 0 saturated carbocycles. The second-order valence-corrected chi connectivity index (χ2v) is 7.57. The highest BCUT2D eigenvalue weighted by Gasteiger charge is 2.61. The van der Waals surface area contributed by atoms with Crippen molar-refractivity contribution in [2.45, 2.75) is 25.7 Å². The van der Waals surface area contributed by atoms with Crippen molar-refractivity contribution in [1.29, 1.82) is 0 Å². The molecule has 1 unspecified atom stereocenters. The summed E-state index contributed by atoms with van der Waals surface area (Å²) in [5.74, 6) is 0. The lowest BCUT2D eigenvalue weighted by molar-refractivity contribution is -0.189. The number of anilines is 1. The zero-order valence-corrected chi connectivity index (χ0v) is 16.0. The monoisotopic (exact) mass is 392 g/mol. The fraction of sp³-hybridized carbons (Fsp3) is 0.167. The summed E-state index contributed by atoms with van der Waals surface area (Å²) in [6.45, 7) is 3.78. The van der Waals surface area contributed by atoms with Gasteiger partial charge in [0.15, 0.2) is 0 Å². The number of rotatable bonds is 1. The topological polar surface area (TPSA) is 17.0 Å². The number of para-hydroxylation sites is 1. The molecule has 1 aromatic heterocycles. The number of benzene rings is 3. The van der Waals surface area contributed by atoms with Crippen LogP contribution in [0.2, 0.25) is 0 Å². The Hall–Kier alpha value is -3.21. The molecule has 29 heavy (non-hydrogen) atoms. The van der Waals surface area contributed by atoms with E-state index in [1.54, 1.807) is 36.4 Å². The van der Waals surface area contributed by atoms with E-state index in [-0.39, 0.29) is 5.56 Å². The molecule has 0 amide bonds. The average molecular weight is 392 g/mol. The standard InChI is InChI=1S/C24H19F3N2/c1-15-12-13-19-20(14-15)28-23(24(25,26)27,17-8-4-3-5-9-17)29-21-11-7-6-10-18(21)16(2)22(19)29/h3-14,28H,1-2H3. The van der Waals surface area contributed by atoms with Crippen LogP contribution in [0.5, 0.6) is 0 Å². The van der Waals surface area contributed by atoms with E-state index in [1.807, 2.05) is 38.1 Å². The van der Waals surface area contributed by atoms with Crippen LogP contribution in [0.3, 0.4) is 0 Å². The number of hydrogen-bond acceptors (Lipinski definition) is 1. The molecule has 5 heteroatoms. The van der Waals surface area contributed by atoms with Gasteiger partial charge in [0.25, 0.3) is 0 Å². The second kappa shape index (κ2) is 5.89. The molecule has 0 fully saturated rings. The number of aryl methyl sites for hydroxylation is 2. The van der Waals surface area contributed by atoms with E-state index in [9.17, 15) is 0 Å². The van der Waals surface area contributed by atoms with Crippen LogP contribution in [-0.4, -0.2) is 10.7 Å². The quantitative estimate of drug-likeness (QED) is 0.385. The summed E-state index contributed by atoms with van der Waals surface area (Å²) in [7, 11) is 0. The van der Waals surface area contributed by atoms with E-state index in [0.29, 0.717) is 16.9 Å². The zero-order valence-electron chi connectivity index (χ0n) is 16.0. The second-order valence-electron chi connectivity index (χ2n) is 7.57. The molecule has 1 aliphatic heterocycles. The molecule has 1 atom stereocenters. The van der Waals surface area contributed by atoms with Gasteiger partial charge in [-0.2, -0.15) is 13.2 Å². The molecular weight excluding hydrogens is 373 g/mol. The maximum Gasteiger partial charge on any atom is 0.435 e. The Morgan fingerprint density at radius 2 is 1.55 bits per heavy atom. The van der Waals surface area contributed by atoms with Crippen molar-refractivity contribution >= 4 is 16.6 Å². The van der Waals surface area contributed by atoms with E-state index in [2.05, 4.69) is 5.32 Å². The third kappa shape index (κ3) is 2.30. The lowest BCUT2D eigenvalue weighted by atomic mass is 9.91. The maximum absolute atomic E-state index is 15.0. The summed E-state index contributed by atoms with van der Waals surface area (Å²) in [6.07, 6.45) is -4.58.